The van der Waals surface area contributed by atoms with Gasteiger partial charge in [-0.15, -0.1) is 12.4 Å². The number of pyridine rings is 1. The lowest BCUT2D eigenvalue weighted by molar-refractivity contribution is 0.355. The molecule has 2 aromatic rings. The molecule has 0 atom stereocenters. The van der Waals surface area contributed by atoms with E-state index >= 15 is 0 Å². The molecular weight excluding hydrogens is 288 g/mol. The summed E-state index contributed by atoms with van der Waals surface area (Å²) in [6.45, 7) is 0. The predicted octanol–water partition coefficient (Wildman–Crippen LogP) is 3.58. The van der Waals surface area contributed by atoms with E-state index in [1.807, 2.05) is 24.3 Å². The molecule has 1 heterocycles. The minimum absolute atomic E-state index is 0. The van der Waals surface area contributed by atoms with E-state index in [1.165, 1.54) is 0 Å². The maximum Gasteiger partial charge on any atom is 0.161 e. The van der Waals surface area contributed by atoms with E-state index in [0.717, 1.165) is 5.56 Å². The van der Waals surface area contributed by atoms with Gasteiger partial charge in [-0.1, -0.05) is 12.1 Å². The van der Waals surface area contributed by atoms with E-state index in [2.05, 4.69) is 11.1 Å². The molecule has 2 rings (SSSR count). The number of hydrogen-bond acceptors (Lipinski definition) is 4. The van der Waals surface area contributed by atoms with Gasteiger partial charge in [0.15, 0.2) is 11.5 Å². The first kappa shape index (κ1) is 16.5. The number of hydrogen-bond donors (Lipinski definition) is 0. The summed E-state index contributed by atoms with van der Waals surface area (Å²) in [5.41, 5.74) is 1.99. The van der Waals surface area contributed by atoms with Crippen molar-refractivity contribution >= 4 is 24.1 Å². The molecule has 0 aliphatic rings. The van der Waals surface area contributed by atoms with Gasteiger partial charge >= 0.3 is 0 Å². The van der Waals surface area contributed by atoms with Crippen LogP contribution in [-0.4, -0.2) is 19.2 Å². The number of rotatable bonds is 4. The Bertz CT molecular complexity index is 664. The molecule has 5 heteroatoms. The molecule has 0 saturated carbocycles. The Balaban J connectivity index is 0.00000220. The highest BCUT2D eigenvalue weighted by atomic mass is 35.5. The zero-order valence-electron chi connectivity index (χ0n) is 11.7. The molecule has 0 unspecified atom stereocenters. The molecule has 0 fully saturated rings. The van der Waals surface area contributed by atoms with Crippen LogP contribution in [0.25, 0.3) is 11.6 Å². The summed E-state index contributed by atoms with van der Waals surface area (Å²) in [6.07, 6.45) is 3.43. The number of halogens is 1. The van der Waals surface area contributed by atoms with Crippen molar-refractivity contribution in [3.8, 4) is 17.6 Å². The number of aromatic nitrogens is 1. The van der Waals surface area contributed by atoms with Gasteiger partial charge in [0, 0.05) is 6.20 Å². The van der Waals surface area contributed by atoms with Crippen LogP contribution in [0.3, 0.4) is 0 Å². The minimum atomic E-state index is 0. The summed E-state index contributed by atoms with van der Waals surface area (Å²) in [5.74, 6) is 1.28. The van der Waals surface area contributed by atoms with Crippen LogP contribution in [0.4, 0.5) is 0 Å². The van der Waals surface area contributed by atoms with Crippen LogP contribution >= 0.6 is 12.4 Å². The Labute approximate surface area is 130 Å². The lowest BCUT2D eigenvalue weighted by atomic mass is 10.1. The van der Waals surface area contributed by atoms with Crippen molar-refractivity contribution in [1.82, 2.24) is 4.98 Å². The SMILES string of the molecule is COc1ccc(/C=C(\C#N)c2ccccn2)cc1OC.Cl. The van der Waals surface area contributed by atoms with Crippen molar-refractivity contribution in [3.05, 3.63) is 53.9 Å². The summed E-state index contributed by atoms with van der Waals surface area (Å²) in [5, 5.41) is 9.25. The maximum absolute atomic E-state index is 9.25. The lowest BCUT2D eigenvalue weighted by Crippen LogP contribution is -1.91. The van der Waals surface area contributed by atoms with Crippen molar-refractivity contribution in [2.75, 3.05) is 14.2 Å². The van der Waals surface area contributed by atoms with Crippen LogP contribution < -0.4 is 9.47 Å². The zero-order chi connectivity index (χ0) is 14.4. The van der Waals surface area contributed by atoms with Crippen molar-refractivity contribution < 1.29 is 9.47 Å². The topological polar surface area (TPSA) is 55.1 Å². The summed E-state index contributed by atoms with van der Waals surface area (Å²) in [6, 6.07) is 13.1. The number of benzene rings is 1. The van der Waals surface area contributed by atoms with E-state index in [1.54, 1.807) is 38.6 Å². The fourth-order valence-electron chi connectivity index (χ4n) is 1.79. The summed E-state index contributed by atoms with van der Waals surface area (Å²) in [4.78, 5) is 4.18. The van der Waals surface area contributed by atoms with Crippen LogP contribution in [0.1, 0.15) is 11.3 Å². The standard InChI is InChI=1S/C16H14N2O2.ClH/c1-19-15-7-6-12(10-16(15)20-2)9-13(11-17)14-5-3-4-8-18-14;/h3-10H,1-2H3;1H/b13-9+;. The van der Waals surface area contributed by atoms with Crippen molar-refractivity contribution in [1.29, 1.82) is 5.26 Å². The Morgan fingerprint density at radius 3 is 2.48 bits per heavy atom. The highest BCUT2D eigenvalue weighted by Gasteiger charge is 2.06. The zero-order valence-corrected chi connectivity index (χ0v) is 12.6. The van der Waals surface area contributed by atoms with Crippen LogP contribution in [-0.2, 0) is 0 Å². The molecule has 0 radical (unpaired) electrons. The predicted molar refractivity (Wildman–Crippen MR) is 84.5 cm³/mol. The molecule has 0 N–H and O–H groups in total. The maximum atomic E-state index is 9.25. The Hall–Kier alpha value is -2.51. The Morgan fingerprint density at radius 1 is 1.14 bits per heavy atom. The lowest BCUT2D eigenvalue weighted by Gasteiger charge is -2.08. The van der Waals surface area contributed by atoms with Crippen LogP contribution in [0.2, 0.25) is 0 Å². The Kier molecular flexibility index (Phi) is 6.25. The molecular formula is C16H15ClN2O2. The second kappa shape index (κ2) is 7.93. The minimum Gasteiger partial charge on any atom is -0.493 e. The van der Waals surface area contributed by atoms with Gasteiger partial charge in [0.1, 0.15) is 6.07 Å². The molecule has 0 bridgehead atoms. The molecule has 0 spiro atoms. The molecule has 108 valence electrons. The molecule has 21 heavy (non-hydrogen) atoms. The highest BCUT2D eigenvalue weighted by molar-refractivity contribution is 5.88. The fourth-order valence-corrected chi connectivity index (χ4v) is 1.79. The van der Waals surface area contributed by atoms with Gasteiger partial charge < -0.3 is 9.47 Å². The van der Waals surface area contributed by atoms with Crippen LogP contribution in [0, 0.1) is 11.3 Å². The van der Waals surface area contributed by atoms with E-state index in [4.69, 9.17) is 9.47 Å². The van der Waals surface area contributed by atoms with E-state index in [9.17, 15) is 5.26 Å². The van der Waals surface area contributed by atoms with Crippen LogP contribution in [0.15, 0.2) is 42.6 Å². The van der Waals surface area contributed by atoms with Crippen molar-refractivity contribution in [2.24, 2.45) is 0 Å². The first-order valence-electron chi connectivity index (χ1n) is 6.03. The fraction of sp³-hybridized carbons (Fsp3) is 0.125. The quantitative estimate of drug-likeness (QED) is 0.810. The smallest absolute Gasteiger partial charge is 0.161 e. The summed E-state index contributed by atoms with van der Waals surface area (Å²) < 4.78 is 10.4. The van der Waals surface area contributed by atoms with Crippen molar-refractivity contribution in [3.63, 3.8) is 0 Å². The van der Waals surface area contributed by atoms with Gasteiger partial charge in [-0.05, 0) is 35.9 Å². The third kappa shape index (κ3) is 3.98. The second-order valence-corrected chi connectivity index (χ2v) is 4.00. The van der Waals surface area contributed by atoms with Gasteiger partial charge in [0.05, 0.1) is 25.5 Å². The van der Waals surface area contributed by atoms with Crippen LogP contribution in [0.5, 0.6) is 11.5 Å². The number of ether oxygens (including phenoxy) is 2. The normalized spacial score (nSPS) is 10.2. The van der Waals surface area contributed by atoms with E-state index < -0.39 is 0 Å². The van der Waals surface area contributed by atoms with Gasteiger partial charge in [-0.3, -0.25) is 4.98 Å². The first-order chi connectivity index (χ1) is 9.78. The number of nitrogens with zero attached hydrogens (tertiary/aromatic N) is 2. The largest absolute Gasteiger partial charge is 0.493 e. The van der Waals surface area contributed by atoms with E-state index in [0.29, 0.717) is 22.8 Å². The molecule has 1 aromatic heterocycles. The van der Waals surface area contributed by atoms with Gasteiger partial charge in [-0.2, -0.15) is 5.26 Å². The van der Waals surface area contributed by atoms with Crippen molar-refractivity contribution in [2.45, 2.75) is 0 Å². The van der Waals surface area contributed by atoms with Gasteiger partial charge in [0.25, 0.3) is 0 Å². The third-order valence-electron chi connectivity index (χ3n) is 2.78. The second-order valence-electron chi connectivity index (χ2n) is 4.00. The van der Waals surface area contributed by atoms with Gasteiger partial charge in [-0.25, -0.2) is 0 Å². The molecule has 1 aromatic carbocycles. The summed E-state index contributed by atoms with van der Waals surface area (Å²) >= 11 is 0. The molecule has 0 saturated heterocycles. The highest BCUT2D eigenvalue weighted by Crippen LogP contribution is 2.29. The Morgan fingerprint density at radius 2 is 1.90 bits per heavy atom. The first-order valence-corrected chi connectivity index (χ1v) is 6.03. The molecule has 0 amide bonds. The monoisotopic (exact) mass is 302 g/mol. The number of nitriles is 1. The molecule has 0 aliphatic carbocycles. The number of allylic oxidation sites excluding steroid dienone is 1. The summed E-state index contributed by atoms with van der Waals surface area (Å²) in [7, 11) is 3.16. The molecule has 0 aliphatic heterocycles. The molecule has 4 nitrogen and oxygen atoms in total. The third-order valence-corrected chi connectivity index (χ3v) is 2.78. The van der Waals surface area contributed by atoms with Gasteiger partial charge in [0.2, 0.25) is 0 Å². The average molecular weight is 303 g/mol. The van der Waals surface area contributed by atoms with E-state index in [-0.39, 0.29) is 12.4 Å². The number of methoxy groups -OCH3 is 2. The average Bonchev–Trinajstić information content (AvgIpc) is 2.53.